The molecule has 0 fully saturated rings. The van der Waals surface area contributed by atoms with Crippen LogP contribution in [0.25, 0.3) is 11.3 Å². The number of carboxylic acid groups (broad SMARTS) is 1. The first-order valence-corrected chi connectivity index (χ1v) is 13.3. The van der Waals surface area contributed by atoms with Gasteiger partial charge in [0, 0.05) is 36.7 Å². The number of rotatable bonds is 12. The normalized spacial score (nSPS) is 13.1. The SMILES string of the molecule is CC(C)n1c(N(C)S(=O)(=O)c2ccccc2)nc(-c2ccc(F)cc2)c1CC[C@@H](O)C[C@@H](O)CC(=O)[O-].[Na+]. The second-order valence-corrected chi connectivity index (χ2v) is 11.1. The van der Waals surface area contributed by atoms with Crippen LogP contribution in [0.4, 0.5) is 10.3 Å². The molecular formula is C26H31FN3NaO6S. The van der Waals surface area contributed by atoms with Gasteiger partial charge in [-0.05, 0) is 69.5 Å². The van der Waals surface area contributed by atoms with Gasteiger partial charge in [-0.25, -0.2) is 22.1 Å². The molecule has 9 nitrogen and oxygen atoms in total. The number of aliphatic hydroxyl groups excluding tert-OH is 2. The number of benzene rings is 2. The van der Waals surface area contributed by atoms with Crippen molar-refractivity contribution < 1.29 is 62.5 Å². The molecule has 1 aromatic heterocycles. The monoisotopic (exact) mass is 555 g/mol. The van der Waals surface area contributed by atoms with Gasteiger partial charge < -0.3 is 24.7 Å². The van der Waals surface area contributed by atoms with Crippen LogP contribution in [0.1, 0.15) is 44.8 Å². The zero-order valence-electron chi connectivity index (χ0n) is 21.9. The molecule has 2 N–H and O–H groups in total. The van der Waals surface area contributed by atoms with Gasteiger partial charge in [0.25, 0.3) is 10.0 Å². The smallest absolute Gasteiger partial charge is 0.550 e. The third-order valence-electron chi connectivity index (χ3n) is 5.97. The van der Waals surface area contributed by atoms with E-state index in [9.17, 15) is 32.9 Å². The van der Waals surface area contributed by atoms with Gasteiger partial charge in [-0.3, -0.25) is 0 Å². The Hall–Kier alpha value is -2.28. The fourth-order valence-corrected chi connectivity index (χ4v) is 5.33. The second-order valence-electron chi connectivity index (χ2n) is 9.12. The fraction of sp³-hybridized carbons (Fsp3) is 0.385. The number of aliphatic carboxylic acids is 1. The average Bonchev–Trinajstić information content (AvgIpc) is 3.22. The van der Waals surface area contributed by atoms with E-state index in [1.54, 1.807) is 34.9 Å². The van der Waals surface area contributed by atoms with Crippen LogP contribution >= 0.6 is 0 Å². The Balaban J connectivity index is 0.00000507. The van der Waals surface area contributed by atoms with Crippen LogP contribution in [0.15, 0.2) is 59.5 Å². The Morgan fingerprint density at radius 2 is 1.68 bits per heavy atom. The van der Waals surface area contributed by atoms with Crippen LogP contribution < -0.4 is 39.0 Å². The van der Waals surface area contributed by atoms with E-state index in [0.717, 1.165) is 4.31 Å². The quantitative estimate of drug-likeness (QED) is 0.282. The molecule has 3 aromatic rings. The van der Waals surface area contributed by atoms with E-state index in [4.69, 9.17) is 0 Å². The molecule has 0 aliphatic rings. The molecule has 2 aromatic carbocycles. The minimum absolute atomic E-state index is 0. The fourth-order valence-electron chi connectivity index (χ4n) is 4.16. The molecule has 0 spiro atoms. The van der Waals surface area contributed by atoms with E-state index >= 15 is 0 Å². The first-order chi connectivity index (χ1) is 17.4. The van der Waals surface area contributed by atoms with Crippen molar-refractivity contribution in [2.24, 2.45) is 0 Å². The summed E-state index contributed by atoms with van der Waals surface area (Å²) in [7, 11) is -2.54. The van der Waals surface area contributed by atoms with Crippen molar-refractivity contribution in [2.75, 3.05) is 11.4 Å². The van der Waals surface area contributed by atoms with E-state index in [1.807, 2.05) is 13.8 Å². The maximum atomic E-state index is 13.6. The number of carbonyl (C=O) groups is 1. The summed E-state index contributed by atoms with van der Waals surface area (Å²) in [6.45, 7) is 3.73. The van der Waals surface area contributed by atoms with Crippen molar-refractivity contribution in [1.82, 2.24) is 9.55 Å². The molecule has 0 aliphatic carbocycles. The first kappa shape index (κ1) is 31.9. The Labute approximate surface area is 244 Å². The van der Waals surface area contributed by atoms with Crippen molar-refractivity contribution in [1.29, 1.82) is 0 Å². The molecule has 3 rings (SSSR count). The van der Waals surface area contributed by atoms with Gasteiger partial charge in [-0.1, -0.05) is 18.2 Å². The number of aliphatic hydroxyl groups is 2. The number of hydrogen-bond donors (Lipinski definition) is 2. The Morgan fingerprint density at radius 3 is 2.24 bits per heavy atom. The minimum atomic E-state index is -3.95. The third kappa shape index (κ3) is 7.64. The molecule has 0 saturated heterocycles. The predicted molar refractivity (Wildman–Crippen MR) is 135 cm³/mol. The number of nitrogens with zero attached hydrogens (tertiary/aromatic N) is 3. The Morgan fingerprint density at radius 1 is 1.08 bits per heavy atom. The zero-order valence-corrected chi connectivity index (χ0v) is 24.7. The molecule has 0 amide bonds. The maximum Gasteiger partial charge on any atom is 1.00 e. The standard InChI is InChI=1S/C26H32FN3O6S.Na/c1-17(2)30-23(14-13-20(31)15-21(32)16-24(33)34)25(18-9-11-19(27)12-10-18)28-26(30)29(3)37(35,36)22-7-5-4-6-8-22;/h4-12,17,20-21,31-32H,13-16H2,1-3H3,(H,33,34);/q;+1/p-1/t20-,21-;/m1./s1. The van der Waals surface area contributed by atoms with Crippen LogP contribution in [0.5, 0.6) is 0 Å². The molecule has 0 aliphatic heterocycles. The van der Waals surface area contributed by atoms with Crippen LogP contribution in [-0.2, 0) is 21.2 Å². The van der Waals surface area contributed by atoms with Crippen molar-refractivity contribution in [2.45, 2.75) is 62.7 Å². The summed E-state index contributed by atoms with van der Waals surface area (Å²) in [5.41, 5.74) is 1.61. The summed E-state index contributed by atoms with van der Waals surface area (Å²) in [5, 5.41) is 31.0. The first-order valence-electron chi connectivity index (χ1n) is 11.9. The number of carbonyl (C=O) groups excluding carboxylic acids is 1. The van der Waals surface area contributed by atoms with E-state index in [-0.39, 0.29) is 65.7 Å². The molecule has 2 atom stereocenters. The summed E-state index contributed by atoms with van der Waals surface area (Å²) in [5.74, 6) is -1.70. The molecule has 12 heteroatoms. The Bertz CT molecular complexity index is 1320. The summed E-state index contributed by atoms with van der Waals surface area (Å²) in [4.78, 5) is 15.5. The summed E-state index contributed by atoms with van der Waals surface area (Å²) >= 11 is 0. The zero-order chi connectivity index (χ0) is 27.3. The van der Waals surface area contributed by atoms with E-state index < -0.39 is 40.4 Å². The van der Waals surface area contributed by atoms with E-state index in [2.05, 4.69) is 4.98 Å². The van der Waals surface area contributed by atoms with Crippen molar-refractivity contribution in [3.8, 4) is 11.3 Å². The molecule has 0 bridgehead atoms. The van der Waals surface area contributed by atoms with Gasteiger partial charge in [0.15, 0.2) is 0 Å². The minimum Gasteiger partial charge on any atom is -0.550 e. The third-order valence-corrected chi connectivity index (χ3v) is 7.72. The molecule has 0 unspecified atom stereocenters. The predicted octanol–water partition coefficient (Wildman–Crippen LogP) is -0.716. The van der Waals surface area contributed by atoms with Gasteiger partial charge in [0.2, 0.25) is 5.95 Å². The summed E-state index contributed by atoms with van der Waals surface area (Å²) < 4.78 is 43.3. The molecule has 0 radical (unpaired) electrons. The van der Waals surface area contributed by atoms with Crippen LogP contribution in [0, 0.1) is 5.82 Å². The largest absolute Gasteiger partial charge is 1.00 e. The number of hydrogen-bond acceptors (Lipinski definition) is 7. The van der Waals surface area contributed by atoms with E-state index in [0.29, 0.717) is 17.0 Å². The van der Waals surface area contributed by atoms with Gasteiger partial charge in [0.1, 0.15) is 5.82 Å². The van der Waals surface area contributed by atoms with Gasteiger partial charge in [-0.15, -0.1) is 0 Å². The Kier molecular flexibility index (Phi) is 11.5. The molecule has 200 valence electrons. The molecule has 1 heterocycles. The number of imidazole rings is 1. The number of anilines is 1. The number of aromatic nitrogens is 2. The van der Waals surface area contributed by atoms with Crippen molar-refractivity contribution in [3.63, 3.8) is 0 Å². The molecule has 0 saturated carbocycles. The van der Waals surface area contributed by atoms with Crippen LogP contribution in [-0.4, -0.2) is 53.4 Å². The van der Waals surface area contributed by atoms with Crippen LogP contribution in [0.3, 0.4) is 0 Å². The van der Waals surface area contributed by atoms with E-state index in [1.165, 1.54) is 31.3 Å². The summed E-state index contributed by atoms with van der Waals surface area (Å²) in [6.07, 6.45) is -2.66. The van der Waals surface area contributed by atoms with Crippen molar-refractivity contribution in [3.05, 3.63) is 66.1 Å². The number of carboxylic acids is 1. The summed E-state index contributed by atoms with van der Waals surface area (Å²) in [6, 6.07) is 13.4. The van der Waals surface area contributed by atoms with Gasteiger partial charge in [-0.2, -0.15) is 0 Å². The van der Waals surface area contributed by atoms with Crippen molar-refractivity contribution >= 4 is 21.9 Å². The average molecular weight is 556 g/mol. The maximum absolute atomic E-state index is 13.6. The van der Waals surface area contributed by atoms with Gasteiger partial charge in [0.05, 0.1) is 22.8 Å². The number of sulfonamides is 1. The molecule has 38 heavy (non-hydrogen) atoms. The molecular weight excluding hydrogens is 524 g/mol. The second kappa shape index (κ2) is 13.7. The van der Waals surface area contributed by atoms with Crippen LogP contribution in [0.2, 0.25) is 0 Å². The van der Waals surface area contributed by atoms with Gasteiger partial charge >= 0.3 is 29.6 Å². The topological polar surface area (TPSA) is 136 Å². The number of halogens is 1.